The van der Waals surface area contributed by atoms with Crippen molar-refractivity contribution >= 4 is 22.7 Å². The Hall–Kier alpha value is -4.01. The zero-order valence-electron chi connectivity index (χ0n) is 18.5. The Bertz CT molecular complexity index is 1330. The van der Waals surface area contributed by atoms with E-state index < -0.39 is 0 Å². The molecule has 4 aromatic rings. The Morgan fingerprint density at radius 3 is 2.73 bits per heavy atom. The van der Waals surface area contributed by atoms with Gasteiger partial charge in [-0.25, -0.2) is 4.98 Å². The number of phenolic OH excluding ortho intramolecular Hbond substituents is 1. The fourth-order valence-corrected chi connectivity index (χ4v) is 4.37. The maximum atomic E-state index is 11.6. The van der Waals surface area contributed by atoms with Crippen LogP contribution >= 0.6 is 0 Å². The minimum Gasteiger partial charge on any atom is -0.504 e. The number of hydrogen-bond donors (Lipinski definition) is 2. The summed E-state index contributed by atoms with van der Waals surface area (Å²) in [5.41, 5.74) is 9.14. The van der Waals surface area contributed by atoms with Crippen molar-refractivity contribution < 1.29 is 19.1 Å². The molecule has 1 fully saturated rings. The second kappa shape index (κ2) is 8.16. The number of benzene rings is 1. The summed E-state index contributed by atoms with van der Waals surface area (Å²) in [5.74, 6) is 1.42. The molecule has 1 aliphatic rings. The number of amides is 1. The number of likely N-dealkylation sites (tertiary alicyclic amines) is 1. The van der Waals surface area contributed by atoms with Gasteiger partial charge in [0, 0.05) is 54.5 Å². The van der Waals surface area contributed by atoms with Crippen LogP contribution in [0, 0.1) is 0 Å². The number of aromatic hydroxyl groups is 1. The Kier molecular flexibility index (Phi) is 5.16. The van der Waals surface area contributed by atoms with Crippen LogP contribution in [0.2, 0.25) is 0 Å². The Balaban J connectivity index is 1.49. The van der Waals surface area contributed by atoms with Gasteiger partial charge in [-0.05, 0) is 37.1 Å². The molecule has 1 amide bonds. The number of carbonyl (C=O) groups excluding carboxylic acids is 1. The number of piperidine rings is 1. The van der Waals surface area contributed by atoms with Crippen molar-refractivity contribution in [3.8, 4) is 33.9 Å². The van der Waals surface area contributed by atoms with Gasteiger partial charge in [-0.1, -0.05) is 0 Å². The van der Waals surface area contributed by atoms with Crippen LogP contribution in [0.1, 0.15) is 25.8 Å². The van der Waals surface area contributed by atoms with E-state index in [1.54, 1.807) is 31.3 Å². The molecule has 0 atom stereocenters. The molecule has 3 N–H and O–H groups in total. The van der Waals surface area contributed by atoms with Crippen LogP contribution in [-0.2, 0) is 4.79 Å². The standard InChI is InChI=1S/C24H25N5O4/c1-14(30)28-7-5-17(6-8-28)29-13-16(11-27-29)19-12-26-24(25)23-18(19)10-21(33-23)15-3-4-20(31)22(9-15)32-2/h3-4,9-13,17,31H,5-8H2,1-2H3,(H2,25,26). The number of hydrogen-bond acceptors (Lipinski definition) is 7. The minimum absolute atomic E-state index is 0.0563. The van der Waals surface area contributed by atoms with E-state index >= 15 is 0 Å². The van der Waals surface area contributed by atoms with Gasteiger partial charge in [0.05, 0.1) is 19.3 Å². The Labute approximate surface area is 190 Å². The maximum absolute atomic E-state index is 11.6. The molecule has 170 valence electrons. The number of aromatic nitrogens is 3. The average Bonchev–Trinajstić information content (AvgIpc) is 3.48. The third-order valence-electron chi connectivity index (χ3n) is 6.25. The summed E-state index contributed by atoms with van der Waals surface area (Å²) in [7, 11) is 1.50. The number of pyridine rings is 1. The van der Waals surface area contributed by atoms with Crippen LogP contribution in [0.15, 0.2) is 47.3 Å². The van der Waals surface area contributed by atoms with Gasteiger partial charge in [-0.2, -0.15) is 5.10 Å². The van der Waals surface area contributed by atoms with E-state index in [2.05, 4.69) is 10.1 Å². The highest BCUT2D eigenvalue weighted by atomic mass is 16.5. The molecular formula is C24H25N5O4. The van der Waals surface area contributed by atoms with Crippen molar-refractivity contribution in [1.82, 2.24) is 19.7 Å². The first-order valence-electron chi connectivity index (χ1n) is 10.8. The first kappa shape index (κ1) is 20.9. The quantitative estimate of drug-likeness (QED) is 0.488. The summed E-state index contributed by atoms with van der Waals surface area (Å²) in [6, 6.07) is 7.19. The number of nitrogen functional groups attached to an aromatic ring is 1. The SMILES string of the molecule is COc1cc(-c2cc3c(-c4cnn(C5CCN(C(C)=O)CC5)c4)cnc(N)c3o2)ccc1O. The molecule has 4 heterocycles. The smallest absolute Gasteiger partial charge is 0.219 e. The molecule has 1 aromatic carbocycles. The number of rotatable bonds is 4. The Morgan fingerprint density at radius 1 is 1.21 bits per heavy atom. The number of nitrogens with zero attached hydrogens (tertiary/aromatic N) is 4. The molecule has 3 aromatic heterocycles. The van der Waals surface area contributed by atoms with E-state index in [1.165, 1.54) is 7.11 Å². The zero-order valence-corrected chi connectivity index (χ0v) is 18.5. The lowest BCUT2D eigenvalue weighted by atomic mass is 10.0. The lowest BCUT2D eigenvalue weighted by Crippen LogP contribution is -2.37. The number of methoxy groups -OCH3 is 1. The van der Waals surface area contributed by atoms with Crippen molar-refractivity contribution in [3.05, 3.63) is 42.9 Å². The van der Waals surface area contributed by atoms with Crippen LogP contribution in [0.4, 0.5) is 5.82 Å². The van der Waals surface area contributed by atoms with Gasteiger partial charge in [0.1, 0.15) is 5.76 Å². The molecule has 33 heavy (non-hydrogen) atoms. The van der Waals surface area contributed by atoms with E-state index in [9.17, 15) is 9.90 Å². The zero-order chi connectivity index (χ0) is 23.1. The lowest BCUT2D eigenvalue weighted by molar-refractivity contribution is -0.130. The van der Waals surface area contributed by atoms with Crippen molar-refractivity contribution in [2.75, 3.05) is 25.9 Å². The first-order chi connectivity index (χ1) is 15.9. The van der Waals surface area contributed by atoms with Crippen LogP contribution in [-0.4, -0.2) is 50.9 Å². The second-order valence-corrected chi connectivity index (χ2v) is 8.24. The van der Waals surface area contributed by atoms with Gasteiger partial charge in [-0.3, -0.25) is 9.48 Å². The number of anilines is 1. The summed E-state index contributed by atoms with van der Waals surface area (Å²) in [6.45, 7) is 3.09. The van der Waals surface area contributed by atoms with Gasteiger partial charge in [0.15, 0.2) is 22.9 Å². The number of nitrogens with two attached hydrogens (primary N) is 1. The van der Waals surface area contributed by atoms with Gasteiger partial charge in [-0.15, -0.1) is 0 Å². The largest absolute Gasteiger partial charge is 0.504 e. The monoisotopic (exact) mass is 447 g/mol. The fourth-order valence-electron chi connectivity index (χ4n) is 4.37. The number of furan rings is 1. The van der Waals surface area contributed by atoms with Crippen LogP contribution in [0.5, 0.6) is 11.5 Å². The second-order valence-electron chi connectivity index (χ2n) is 8.24. The minimum atomic E-state index is 0.0563. The van der Waals surface area contributed by atoms with Gasteiger partial charge < -0.3 is 24.9 Å². The molecule has 0 spiro atoms. The van der Waals surface area contributed by atoms with Crippen molar-refractivity contribution in [2.45, 2.75) is 25.8 Å². The maximum Gasteiger partial charge on any atom is 0.219 e. The molecule has 1 aliphatic heterocycles. The van der Waals surface area contributed by atoms with Crippen LogP contribution in [0.3, 0.4) is 0 Å². The van der Waals surface area contributed by atoms with E-state index in [4.69, 9.17) is 14.9 Å². The van der Waals surface area contributed by atoms with E-state index in [0.717, 1.165) is 48.0 Å². The number of ether oxygens (including phenoxy) is 1. The van der Waals surface area contributed by atoms with Gasteiger partial charge in [0.2, 0.25) is 5.91 Å². The highest BCUT2D eigenvalue weighted by Crippen LogP contribution is 2.39. The van der Waals surface area contributed by atoms with Gasteiger partial charge in [0.25, 0.3) is 0 Å². The number of fused-ring (bicyclic) bond motifs is 1. The van der Waals surface area contributed by atoms with Crippen molar-refractivity contribution in [1.29, 1.82) is 0 Å². The molecule has 9 heteroatoms. The summed E-state index contributed by atoms with van der Waals surface area (Å²) in [4.78, 5) is 17.8. The summed E-state index contributed by atoms with van der Waals surface area (Å²) < 4.78 is 13.2. The van der Waals surface area contributed by atoms with Crippen LogP contribution in [0.25, 0.3) is 33.4 Å². The summed E-state index contributed by atoms with van der Waals surface area (Å²) >= 11 is 0. The third-order valence-corrected chi connectivity index (χ3v) is 6.25. The molecule has 0 unspecified atom stereocenters. The van der Waals surface area contributed by atoms with Crippen molar-refractivity contribution in [3.63, 3.8) is 0 Å². The van der Waals surface area contributed by atoms with Crippen molar-refractivity contribution in [2.24, 2.45) is 0 Å². The van der Waals surface area contributed by atoms with Crippen LogP contribution < -0.4 is 10.5 Å². The molecule has 0 saturated carbocycles. The van der Waals surface area contributed by atoms with E-state index in [0.29, 0.717) is 22.9 Å². The van der Waals surface area contributed by atoms with E-state index in [1.807, 2.05) is 28.0 Å². The number of phenols is 1. The topological polar surface area (TPSA) is 120 Å². The fraction of sp³-hybridized carbons (Fsp3) is 0.292. The van der Waals surface area contributed by atoms with Gasteiger partial charge >= 0.3 is 0 Å². The summed E-state index contributed by atoms with van der Waals surface area (Å²) in [5, 5.41) is 15.3. The molecule has 5 rings (SSSR count). The predicted octanol–water partition coefficient (Wildman–Crippen LogP) is 3.84. The average molecular weight is 447 g/mol. The first-order valence-corrected chi connectivity index (χ1v) is 10.8. The normalized spacial score (nSPS) is 14.7. The molecule has 9 nitrogen and oxygen atoms in total. The summed E-state index contributed by atoms with van der Waals surface area (Å²) in [6.07, 6.45) is 7.30. The molecule has 0 aliphatic carbocycles. The van der Waals surface area contributed by atoms with E-state index in [-0.39, 0.29) is 17.7 Å². The highest BCUT2D eigenvalue weighted by Gasteiger charge is 2.23. The lowest BCUT2D eigenvalue weighted by Gasteiger charge is -2.31. The molecule has 0 radical (unpaired) electrons. The molecule has 1 saturated heterocycles. The third kappa shape index (κ3) is 3.75. The Morgan fingerprint density at radius 2 is 2.00 bits per heavy atom. The number of carbonyl (C=O) groups is 1. The molecular weight excluding hydrogens is 422 g/mol. The molecule has 0 bridgehead atoms. The highest BCUT2D eigenvalue weighted by molar-refractivity contribution is 6.00. The predicted molar refractivity (Wildman–Crippen MR) is 124 cm³/mol.